The molecular weight excluding hydrogens is 444 g/mol. The average molecular weight is 473 g/mol. The standard InChI is InChI=1S/C23H28N4O5S/c1-2-32-18-7-9-19(10-8-18)33(30,31)24-14-11-22(28)26-15-12-17(13-16-26)27-21-6-4-3-5-20(21)25-23(27)29/h3-10,17,24H,2,11-16H2,1H3,(H,25,29). The molecule has 2 N–H and O–H groups in total. The zero-order valence-corrected chi connectivity index (χ0v) is 19.3. The van der Waals surface area contributed by atoms with Gasteiger partial charge in [0.1, 0.15) is 5.75 Å². The number of likely N-dealkylation sites (tertiary alicyclic amines) is 1. The number of amides is 1. The molecule has 10 heteroatoms. The number of rotatable bonds is 8. The molecule has 4 rings (SSSR count). The predicted molar refractivity (Wildman–Crippen MR) is 125 cm³/mol. The normalized spacial score (nSPS) is 15.1. The fourth-order valence-electron chi connectivity index (χ4n) is 4.23. The molecule has 1 aliphatic heterocycles. The first-order valence-corrected chi connectivity index (χ1v) is 12.6. The van der Waals surface area contributed by atoms with E-state index in [2.05, 4.69) is 9.71 Å². The lowest BCUT2D eigenvalue weighted by Gasteiger charge is -2.32. The number of fused-ring (bicyclic) bond motifs is 1. The van der Waals surface area contributed by atoms with E-state index in [0.717, 1.165) is 11.0 Å². The summed E-state index contributed by atoms with van der Waals surface area (Å²) >= 11 is 0. The highest BCUT2D eigenvalue weighted by Gasteiger charge is 2.26. The smallest absolute Gasteiger partial charge is 0.326 e. The number of carbonyl (C=O) groups is 1. The van der Waals surface area contributed by atoms with Gasteiger partial charge < -0.3 is 14.6 Å². The number of H-pyrrole nitrogens is 1. The van der Waals surface area contributed by atoms with Crippen LogP contribution < -0.4 is 15.1 Å². The number of sulfonamides is 1. The Morgan fingerprint density at radius 3 is 2.52 bits per heavy atom. The van der Waals surface area contributed by atoms with E-state index in [1.807, 2.05) is 31.2 Å². The van der Waals surface area contributed by atoms with Crippen LogP contribution in [0.1, 0.15) is 32.2 Å². The lowest BCUT2D eigenvalue weighted by molar-refractivity contribution is -0.132. The minimum absolute atomic E-state index is 0.0239. The summed E-state index contributed by atoms with van der Waals surface area (Å²) in [5.41, 5.74) is 1.54. The number of para-hydroxylation sites is 2. The number of nitrogens with zero attached hydrogens (tertiary/aromatic N) is 2. The maximum Gasteiger partial charge on any atom is 0.326 e. The molecule has 2 heterocycles. The van der Waals surface area contributed by atoms with Crippen molar-refractivity contribution in [3.63, 3.8) is 0 Å². The van der Waals surface area contributed by atoms with Gasteiger partial charge in [0.15, 0.2) is 0 Å². The highest BCUT2D eigenvalue weighted by molar-refractivity contribution is 7.89. The van der Waals surface area contributed by atoms with Gasteiger partial charge in [0.05, 0.1) is 22.5 Å². The molecule has 176 valence electrons. The zero-order valence-electron chi connectivity index (χ0n) is 18.5. The highest BCUT2D eigenvalue weighted by Crippen LogP contribution is 2.25. The zero-order chi connectivity index (χ0) is 23.4. The Hall–Kier alpha value is -3.11. The minimum Gasteiger partial charge on any atom is -0.494 e. The van der Waals surface area contributed by atoms with E-state index in [-0.39, 0.29) is 35.5 Å². The molecule has 1 amide bonds. The Bertz CT molecular complexity index is 1270. The summed E-state index contributed by atoms with van der Waals surface area (Å²) in [6, 6.07) is 13.8. The summed E-state index contributed by atoms with van der Waals surface area (Å²) in [5.74, 6) is 0.499. The summed E-state index contributed by atoms with van der Waals surface area (Å²) in [5, 5.41) is 0. The van der Waals surface area contributed by atoms with Gasteiger partial charge in [0.2, 0.25) is 15.9 Å². The number of hydrogen-bond acceptors (Lipinski definition) is 5. The molecule has 1 fully saturated rings. The maximum atomic E-state index is 12.6. The second kappa shape index (κ2) is 9.80. The molecular formula is C23H28N4O5S. The van der Waals surface area contributed by atoms with Gasteiger partial charge in [-0.25, -0.2) is 17.9 Å². The van der Waals surface area contributed by atoms with Crippen LogP contribution in [-0.2, 0) is 14.8 Å². The van der Waals surface area contributed by atoms with Crippen LogP contribution >= 0.6 is 0 Å². The monoisotopic (exact) mass is 472 g/mol. The molecule has 3 aromatic rings. The van der Waals surface area contributed by atoms with Gasteiger partial charge >= 0.3 is 5.69 Å². The van der Waals surface area contributed by atoms with E-state index in [4.69, 9.17) is 4.74 Å². The van der Waals surface area contributed by atoms with Crippen molar-refractivity contribution in [2.24, 2.45) is 0 Å². The third-order valence-corrected chi connectivity index (χ3v) is 7.36. The van der Waals surface area contributed by atoms with E-state index in [1.165, 1.54) is 12.1 Å². The van der Waals surface area contributed by atoms with E-state index in [9.17, 15) is 18.0 Å². The van der Waals surface area contributed by atoms with Gasteiger partial charge in [-0.3, -0.25) is 9.36 Å². The van der Waals surface area contributed by atoms with Crippen LogP contribution in [0.3, 0.4) is 0 Å². The summed E-state index contributed by atoms with van der Waals surface area (Å²) in [6.45, 7) is 3.44. The van der Waals surface area contributed by atoms with Crippen molar-refractivity contribution in [1.29, 1.82) is 0 Å². The number of carbonyl (C=O) groups excluding carboxylic acids is 1. The van der Waals surface area contributed by atoms with E-state index < -0.39 is 10.0 Å². The van der Waals surface area contributed by atoms with E-state index >= 15 is 0 Å². The lowest BCUT2D eigenvalue weighted by atomic mass is 10.0. The number of imidazole rings is 1. The van der Waals surface area contributed by atoms with Crippen molar-refractivity contribution >= 4 is 27.0 Å². The fraction of sp³-hybridized carbons (Fsp3) is 0.391. The van der Waals surface area contributed by atoms with Crippen LogP contribution in [0, 0.1) is 0 Å². The van der Waals surface area contributed by atoms with Crippen LogP contribution in [0.5, 0.6) is 5.75 Å². The fourth-order valence-corrected chi connectivity index (χ4v) is 5.26. The molecule has 1 aromatic heterocycles. The summed E-state index contributed by atoms with van der Waals surface area (Å²) in [7, 11) is -3.70. The molecule has 0 saturated carbocycles. The summed E-state index contributed by atoms with van der Waals surface area (Å²) in [6.07, 6.45) is 1.42. The first-order valence-electron chi connectivity index (χ1n) is 11.1. The number of hydrogen-bond donors (Lipinski definition) is 2. The topological polar surface area (TPSA) is 113 Å². The molecule has 0 unspecified atom stereocenters. The second-order valence-corrected chi connectivity index (χ2v) is 9.75. The number of piperidine rings is 1. The number of nitrogens with one attached hydrogen (secondary N) is 2. The van der Waals surface area contributed by atoms with Crippen molar-refractivity contribution in [2.45, 2.75) is 37.1 Å². The van der Waals surface area contributed by atoms with Gasteiger partial charge in [0, 0.05) is 32.1 Å². The lowest BCUT2D eigenvalue weighted by Crippen LogP contribution is -2.41. The van der Waals surface area contributed by atoms with Crippen molar-refractivity contribution < 1.29 is 17.9 Å². The Kier molecular flexibility index (Phi) is 6.85. The number of benzene rings is 2. The summed E-state index contributed by atoms with van der Waals surface area (Å²) < 4.78 is 34.5. The second-order valence-electron chi connectivity index (χ2n) is 7.98. The SMILES string of the molecule is CCOc1ccc(S(=O)(=O)NCCC(=O)N2CCC(n3c(=O)[nH]c4ccccc43)CC2)cc1. The first kappa shape index (κ1) is 23.1. The quantitative estimate of drug-likeness (QED) is 0.522. The van der Waals surface area contributed by atoms with Crippen molar-refractivity contribution in [2.75, 3.05) is 26.2 Å². The van der Waals surface area contributed by atoms with Crippen LogP contribution in [0.2, 0.25) is 0 Å². The highest BCUT2D eigenvalue weighted by atomic mass is 32.2. The molecule has 0 spiro atoms. The largest absolute Gasteiger partial charge is 0.494 e. The molecule has 33 heavy (non-hydrogen) atoms. The van der Waals surface area contributed by atoms with Gasteiger partial charge in [-0.05, 0) is 56.2 Å². The Morgan fingerprint density at radius 2 is 1.82 bits per heavy atom. The molecule has 1 saturated heterocycles. The Balaban J connectivity index is 1.29. The molecule has 9 nitrogen and oxygen atoms in total. The minimum atomic E-state index is -3.70. The molecule has 2 aromatic carbocycles. The predicted octanol–water partition coefficient (Wildman–Crippen LogP) is 2.26. The molecule has 0 aliphatic carbocycles. The first-order chi connectivity index (χ1) is 15.9. The third-order valence-electron chi connectivity index (χ3n) is 5.88. The molecule has 0 bridgehead atoms. The average Bonchev–Trinajstić information content (AvgIpc) is 3.15. The maximum absolute atomic E-state index is 12.6. The van der Waals surface area contributed by atoms with Crippen LogP contribution in [0.4, 0.5) is 0 Å². The molecule has 0 atom stereocenters. The van der Waals surface area contributed by atoms with E-state index in [1.54, 1.807) is 21.6 Å². The van der Waals surface area contributed by atoms with Crippen molar-refractivity contribution in [1.82, 2.24) is 19.2 Å². The van der Waals surface area contributed by atoms with Gasteiger partial charge in [-0.1, -0.05) is 12.1 Å². The van der Waals surface area contributed by atoms with Crippen molar-refractivity contribution in [3.8, 4) is 5.75 Å². The Morgan fingerprint density at radius 1 is 1.12 bits per heavy atom. The number of aromatic amines is 1. The van der Waals surface area contributed by atoms with Crippen LogP contribution in [0.25, 0.3) is 11.0 Å². The number of aromatic nitrogens is 2. The van der Waals surface area contributed by atoms with Crippen LogP contribution in [0.15, 0.2) is 58.2 Å². The van der Waals surface area contributed by atoms with Crippen molar-refractivity contribution in [3.05, 3.63) is 59.0 Å². The summed E-state index contributed by atoms with van der Waals surface area (Å²) in [4.78, 5) is 29.8. The van der Waals surface area contributed by atoms with Gasteiger partial charge in [-0.15, -0.1) is 0 Å². The molecule has 0 radical (unpaired) electrons. The third kappa shape index (κ3) is 5.12. The van der Waals surface area contributed by atoms with Crippen LogP contribution in [-0.4, -0.2) is 55.0 Å². The van der Waals surface area contributed by atoms with Gasteiger partial charge in [0.25, 0.3) is 0 Å². The van der Waals surface area contributed by atoms with Gasteiger partial charge in [-0.2, -0.15) is 0 Å². The molecule has 1 aliphatic rings. The van der Waals surface area contributed by atoms with E-state index in [0.29, 0.717) is 38.3 Å². The number of ether oxygens (including phenoxy) is 1. The Labute approximate surface area is 192 Å².